The Labute approximate surface area is 100 Å². The normalized spacial score (nSPS) is 24.0. The van der Waals surface area contributed by atoms with Crippen LogP contribution in [0.15, 0.2) is 35.4 Å². The van der Waals surface area contributed by atoms with Gasteiger partial charge in [-0.05, 0) is 5.56 Å². The molecule has 0 saturated carbocycles. The molecule has 1 aliphatic heterocycles. The molecule has 1 aromatic carbocycles. The van der Waals surface area contributed by atoms with Gasteiger partial charge in [0.05, 0.1) is 12.1 Å². The first kappa shape index (κ1) is 12.6. The van der Waals surface area contributed by atoms with Gasteiger partial charge in [-0.25, -0.2) is 0 Å². The van der Waals surface area contributed by atoms with E-state index in [1.807, 2.05) is 0 Å². The largest absolute Gasteiger partial charge is 0.438 e. The number of alkyl halides is 3. The van der Waals surface area contributed by atoms with Crippen molar-refractivity contribution in [2.75, 3.05) is 0 Å². The summed E-state index contributed by atoms with van der Waals surface area (Å²) in [5.41, 5.74) is -2.81. The standard InChI is InChI=1S/C11H9F3N2O2/c12-11(13,14)10(18)6-9(15-16(10)7-17)8-4-2-1-3-5-8/h1-5,7,18H,6H2/t10-/m1/s1. The molecule has 1 N–H and O–H groups in total. The number of aliphatic hydroxyl groups is 1. The van der Waals surface area contributed by atoms with E-state index in [0.717, 1.165) is 0 Å². The van der Waals surface area contributed by atoms with Gasteiger partial charge in [-0.2, -0.15) is 23.3 Å². The SMILES string of the molecule is O=CN1N=C(c2ccccc2)C[C@@]1(O)C(F)(F)F. The number of rotatable bonds is 2. The Bertz CT molecular complexity index is 487. The molecular weight excluding hydrogens is 249 g/mol. The fraction of sp³-hybridized carbons (Fsp3) is 0.273. The summed E-state index contributed by atoms with van der Waals surface area (Å²) in [6, 6.07) is 8.09. The maximum atomic E-state index is 12.7. The van der Waals surface area contributed by atoms with Crippen LogP contribution in [-0.2, 0) is 4.79 Å². The fourth-order valence-corrected chi connectivity index (χ4v) is 1.69. The maximum Gasteiger partial charge on any atom is 0.438 e. The van der Waals surface area contributed by atoms with Crippen LogP contribution in [0.5, 0.6) is 0 Å². The highest BCUT2D eigenvalue weighted by Crippen LogP contribution is 2.40. The van der Waals surface area contributed by atoms with Crippen LogP contribution < -0.4 is 0 Å². The smallest absolute Gasteiger partial charge is 0.362 e. The van der Waals surface area contributed by atoms with E-state index >= 15 is 0 Å². The second-order valence-corrected chi connectivity index (χ2v) is 3.85. The zero-order valence-corrected chi connectivity index (χ0v) is 9.05. The first-order valence-electron chi connectivity index (χ1n) is 5.05. The van der Waals surface area contributed by atoms with Crippen molar-refractivity contribution in [3.8, 4) is 0 Å². The summed E-state index contributed by atoms with van der Waals surface area (Å²) in [5, 5.41) is 13.1. The van der Waals surface area contributed by atoms with E-state index in [1.54, 1.807) is 30.3 Å². The molecule has 4 nitrogen and oxygen atoms in total. The Balaban J connectivity index is 2.37. The van der Waals surface area contributed by atoms with Gasteiger partial charge < -0.3 is 5.11 Å². The van der Waals surface area contributed by atoms with Gasteiger partial charge in [-0.1, -0.05) is 30.3 Å². The predicted molar refractivity (Wildman–Crippen MR) is 56.5 cm³/mol. The summed E-state index contributed by atoms with van der Waals surface area (Å²) in [4.78, 5) is 10.6. The third-order valence-electron chi connectivity index (χ3n) is 2.68. The van der Waals surface area contributed by atoms with Crippen molar-refractivity contribution < 1.29 is 23.1 Å². The molecule has 0 unspecified atom stereocenters. The summed E-state index contributed by atoms with van der Waals surface area (Å²) in [5.74, 6) is 0. The summed E-state index contributed by atoms with van der Waals surface area (Å²) in [6.45, 7) is 0. The summed E-state index contributed by atoms with van der Waals surface area (Å²) in [6.07, 6.45) is -5.88. The third kappa shape index (κ3) is 1.86. The van der Waals surface area contributed by atoms with Gasteiger partial charge in [-0.15, -0.1) is 0 Å². The van der Waals surface area contributed by atoms with E-state index in [2.05, 4.69) is 5.10 Å². The highest BCUT2D eigenvalue weighted by atomic mass is 19.4. The monoisotopic (exact) mass is 258 g/mol. The van der Waals surface area contributed by atoms with Crippen molar-refractivity contribution in [3.63, 3.8) is 0 Å². The van der Waals surface area contributed by atoms with E-state index in [-0.39, 0.29) is 17.1 Å². The topological polar surface area (TPSA) is 52.9 Å². The number of benzene rings is 1. The van der Waals surface area contributed by atoms with Crippen LogP contribution in [0, 0.1) is 0 Å². The number of carbonyl (C=O) groups is 1. The Morgan fingerprint density at radius 2 is 1.94 bits per heavy atom. The Morgan fingerprint density at radius 3 is 2.39 bits per heavy atom. The molecule has 0 fully saturated rings. The molecule has 0 saturated heterocycles. The first-order valence-corrected chi connectivity index (χ1v) is 5.05. The van der Waals surface area contributed by atoms with Crippen molar-refractivity contribution >= 4 is 12.1 Å². The molecule has 0 bridgehead atoms. The van der Waals surface area contributed by atoms with Crippen molar-refractivity contribution in [2.45, 2.75) is 18.3 Å². The van der Waals surface area contributed by atoms with Crippen molar-refractivity contribution in [1.29, 1.82) is 0 Å². The van der Waals surface area contributed by atoms with Crippen LogP contribution in [0.4, 0.5) is 13.2 Å². The molecule has 1 atom stereocenters. The zero-order valence-electron chi connectivity index (χ0n) is 9.05. The number of hydrogen-bond donors (Lipinski definition) is 1. The lowest BCUT2D eigenvalue weighted by molar-refractivity contribution is -0.299. The maximum absolute atomic E-state index is 12.7. The molecule has 1 aliphatic rings. The third-order valence-corrected chi connectivity index (χ3v) is 2.68. The highest BCUT2D eigenvalue weighted by molar-refractivity contribution is 6.02. The molecule has 18 heavy (non-hydrogen) atoms. The van der Waals surface area contributed by atoms with Gasteiger partial charge >= 0.3 is 6.18 Å². The zero-order chi connectivity index (χ0) is 13.4. The average Bonchev–Trinajstić information content (AvgIpc) is 2.68. The molecular formula is C11H9F3N2O2. The minimum Gasteiger partial charge on any atom is -0.362 e. The summed E-state index contributed by atoms with van der Waals surface area (Å²) in [7, 11) is 0. The van der Waals surface area contributed by atoms with Crippen molar-refractivity contribution in [2.24, 2.45) is 5.10 Å². The van der Waals surface area contributed by atoms with Crippen molar-refractivity contribution in [1.82, 2.24) is 5.01 Å². The molecule has 0 radical (unpaired) electrons. The van der Waals surface area contributed by atoms with Gasteiger partial charge in [0.25, 0.3) is 5.72 Å². The fourth-order valence-electron chi connectivity index (χ4n) is 1.69. The number of amides is 1. The van der Waals surface area contributed by atoms with Crippen LogP contribution in [0.2, 0.25) is 0 Å². The predicted octanol–water partition coefficient (Wildman–Crippen LogP) is 1.50. The molecule has 0 spiro atoms. The van der Waals surface area contributed by atoms with E-state index in [9.17, 15) is 23.1 Å². The van der Waals surface area contributed by atoms with Crippen LogP contribution in [-0.4, -0.2) is 34.1 Å². The van der Waals surface area contributed by atoms with E-state index < -0.39 is 18.3 Å². The molecule has 7 heteroatoms. The van der Waals surface area contributed by atoms with Crippen LogP contribution >= 0.6 is 0 Å². The van der Waals surface area contributed by atoms with Crippen LogP contribution in [0.1, 0.15) is 12.0 Å². The van der Waals surface area contributed by atoms with Gasteiger partial charge in [0, 0.05) is 0 Å². The molecule has 1 heterocycles. The molecule has 2 rings (SSSR count). The Morgan fingerprint density at radius 1 is 1.33 bits per heavy atom. The van der Waals surface area contributed by atoms with Gasteiger partial charge in [0.1, 0.15) is 0 Å². The molecule has 0 aliphatic carbocycles. The van der Waals surface area contributed by atoms with Crippen LogP contribution in [0.25, 0.3) is 0 Å². The number of nitrogens with zero attached hydrogens (tertiary/aromatic N) is 2. The lowest BCUT2D eigenvalue weighted by Gasteiger charge is -2.29. The summed E-state index contributed by atoms with van der Waals surface area (Å²) >= 11 is 0. The Kier molecular flexibility index (Phi) is 2.86. The quantitative estimate of drug-likeness (QED) is 0.817. The molecule has 1 aromatic rings. The molecule has 0 aromatic heterocycles. The first-order chi connectivity index (χ1) is 8.38. The lowest BCUT2D eigenvalue weighted by Crippen LogP contribution is -2.54. The second-order valence-electron chi connectivity index (χ2n) is 3.85. The van der Waals surface area contributed by atoms with Crippen LogP contribution in [0.3, 0.4) is 0 Å². The number of hydrogen-bond acceptors (Lipinski definition) is 3. The lowest BCUT2D eigenvalue weighted by atomic mass is 10.0. The molecule has 1 amide bonds. The van der Waals surface area contributed by atoms with Gasteiger partial charge in [0.15, 0.2) is 0 Å². The number of carbonyl (C=O) groups excluding carboxylic acids is 1. The average molecular weight is 258 g/mol. The van der Waals surface area contributed by atoms with Crippen molar-refractivity contribution in [3.05, 3.63) is 35.9 Å². The van der Waals surface area contributed by atoms with Gasteiger partial charge in [0.2, 0.25) is 6.41 Å². The van der Waals surface area contributed by atoms with Gasteiger partial charge in [-0.3, -0.25) is 4.79 Å². The minimum absolute atomic E-state index is 0.00926. The number of hydrazone groups is 1. The molecule has 96 valence electrons. The van der Waals surface area contributed by atoms with E-state index in [0.29, 0.717) is 5.56 Å². The number of halogens is 3. The van der Waals surface area contributed by atoms with E-state index in [1.165, 1.54) is 0 Å². The summed E-state index contributed by atoms with van der Waals surface area (Å²) < 4.78 is 38.2. The van der Waals surface area contributed by atoms with E-state index in [4.69, 9.17) is 0 Å². The minimum atomic E-state index is -4.96. The Hall–Kier alpha value is -1.89. The second kappa shape index (κ2) is 4.09. The highest BCUT2D eigenvalue weighted by Gasteiger charge is 2.61.